The van der Waals surface area contributed by atoms with Gasteiger partial charge < -0.3 is 14.2 Å². The summed E-state index contributed by atoms with van der Waals surface area (Å²) in [4.78, 5) is 21.7. The number of hydrogen-bond acceptors (Lipinski definition) is 6. The van der Waals surface area contributed by atoms with Crippen LogP contribution in [-0.2, 0) is 19.0 Å². The van der Waals surface area contributed by atoms with Crippen molar-refractivity contribution in [3.63, 3.8) is 0 Å². The van der Waals surface area contributed by atoms with E-state index in [9.17, 15) is 9.70 Å². The lowest BCUT2D eigenvalue weighted by Gasteiger charge is -2.21. The minimum Gasteiger partial charge on any atom is -0.465 e. The zero-order valence-corrected chi connectivity index (χ0v) is 10.5. The van der Waals surface area contributed by atoms with E-state index < -0.39 is 12.3 Å². The molecule has 0 aromatic heterocycles. The van der Waals surface area contributed by atoms with Crippen LogP contribution in [0.3, 0.4) is 0 Å². The zero-order chi connectivity index (χ0) is 13.1. The maximum atomic E-state index is 11.2. The quantitative estimate of drug-likeness (QED) is 0.248. The molecular formula is C10H20N2O5. The molecule has 100 valence electrons. The minimum atomic E-state index is -0.572. The number of nitroso groups, excluding NO2 is 1. The molecule has 7 nitrogen and oxygen atoms in total. The van der Waals surface area contributed by atoms with Crippen molar-refractivity contribution < 1.29 is 19.0 Å². The molecule has 0 rings (SSSR count). The van der Waals surface area contributed by atoms with Crippen LogP contribution in [0.4, 0.5) is 0 Å². The summed E-state index contributed by atoms with van der Waals surface area (Å²) < 4.78 is 15.2. The van der Waals surface area contributed by atoms with E-state index in [2.05, 4.69) is 5.29 Å². The summed E-state index contributed by atoms with van der Waals surface area (Å²) in [6.45, 7) is 6.41. The smallest absolute Gasteiger partial charge is 0.327 e. The van der Waals surface area contributed by atoms with Crippen LogP contribution >= 0.6 is 0 Å². The fourth-order valence-electron chi connectivity index (χ4n) is 1.18. The van der Waals surface area contributed by atoms with E-state index in [-0.39, 0.29) is 19.7 Å². The predicted octanol–water partition coefficient (Wildman–Crippen LogP) is 0.932. The monoisotopic (exact) mass is 248 g/mol. The van der Waals surface area contributed by atoms with Gasteiger partial charge in [0.2, 0.25) is 0 Å². The van der Waals surface area contributed by atoms with Gasteiger partial charge in [0, 0.05) is 13.2 Å². The van der Waals surface area contributed by atoms with Gasteiger partial charge in [0.1, 0.15) is 6.54 Å². The molecule has 0 fully saturated rings. The third kappa shape index (κ3) is 7.64. The summed E-state index contributed by atoms with van der Waals surface area (Å²) in [5, 5.41) is 3.76. The van der Waals surface area contributed by atoms with Crippen LogP contribution in [0.15, 0.2) is 5.29 Å². The Kier molecular flexibility index (Phi) is 9.27. The summed E-state index contributed by atoms with van der Waals surface area (Å²) >= 11 is 0. The molecule has 0 amide bonds. The Morgan fingerprint density at radius 1 is 1.18 bits per heavy atom. The molecule has 0 saturated carbocycles. The number of rotatable bonds is 10. The number of hydrogen-bond donors (Lipinski definition) is 0. The first-order valence-electron chi connectivity index (χ1n) is 5.64. The standard InChI is InChI=1S/C10H20N2O5/c1-4-15-9(13)7-12(11-14)8-10(16-5-2)17-6-3/h10H,4-8H2,1-3H3. The third-order valence-corrected chi connectivity index (χ3v) is 1.80. The van der Waals surface area contributed by atoms with Gasteiger partial charge in [-0.3, -0.25) is 4.79 Å². The molecule has 0 spiro atoms. The molecule has 0 aliphatic heterocycles. The lowest BCUT2D eigenvalue weighted by Crippen LogP contribution is -2.36. The Hall–Kier alpha value is -1.21. The molecule has 0 aromatic carbocycles. The van der Waals surface area contributed by atoms with Crippen LogP contribution in [0.25, 0.3) is 0 Å². The second-order valence-electron chi connectivity index (χ2n) is 3.07. The third-order valence-electron chi connectivity index (χ3n) is 1.80. The Bertz CT molecular complexity index is 219. The van der Waals surface area contributed by atoms with Crippen LogP contribution in [0.5, 0.6) is 0 Å². The van der Waals surface area contributed by atoms with Crippen LogP contribution in [-0.4, -0.2) is 50.2 Å². The fourth-order valence-corrected chi connectivity index (χ4v) is 1.18. The zero-order valence-electron chi connectivity index (χ0n) is 10.5. The van der Waals surface area contributed by atoms with Gasteiger partial charge >= 0.3 is 5.97 Å². The van der Waals surface area contributed by atoms with Crippen LogP contribution in [0, 0.1) is 4.91 Å². The van der Waals surface area contributed by atoms with Gasteiger partial charge in [-0.2, -0.15) is 0 Å². The molecule has 0 heterocycles. The van der Waals surface area contributed by atoms with Gasteiger partial charge in [-0.05, 0) is 20.8 Å². The molecule has 7 heteroatoms. The Balaban J connectivity index is 4.15. The fraction of sp³-hybridized carbons (Fsp3) is 0.900. The number of ether oxygens (including phenoxy) is 3. The molecule has 0 aliphatic rings. The average molecular weight is 248 g/mol. The number of esters is 1. The molecule has 0 bridgehead atoms. The second-order valence-corrected chi connectivity index (χ2v) is 3.07. The lowest BCUT2D eigenvalue weighted by molar-refractivity contribution is -0.156. The Labute approximate surface area is 101 Å². The Morgan fingerprint density at radius 2 is 1.76 bits per heavy atom. The van der Waals surface area contributed by atoms with E-state index in [1.54, 1.807) is 6.92 Å². The van der Waals surface area contributed by atoms with Crippen molar-refractivity contribution in [2.45, 2.75) is 27.1 Å². The summed E-state index contributed by atoms with van der Waals surface area (Å²) in [5.74, 6) is -0.501. The van der Waals surface area contributed by atoms with Gasteiger partial charge in [0.25, 0.3) is 0 Å². The van der Waals surface area contributed by atoms with Gasteiger partial charge in [0.05, 0.1) is 18.4 Å². The highest BCUT2D eigenvalue weighted by Gasteiger charge is 2.17. The van der Waals surface area contributed by atoms with Crippen molar-refractivity contribution in [2.75, 3.05) is 32.9 Å². The minimum absolute atomic E-state index is 0.101. The first-order chi connectivity index (χ1) is 8.17. The highest BCUT2D eigenvalue weighted by atomic mass is 16.7. The largest absolute Gasteiger partial charge is 0.465 e. The molecule has 0 aliphatic carbocycles. The normalized spacial score (nSPS) is 10.4. The highest BCUT2D eigenvalue weighted by Crippen LogP contribution is 2.01. The maximum absolute atomic E-state index is 11.2. The summed E-state index contributed by atoms with van der Waals surface area (Å²) in [6.07, 6.45) is -0.572. The van der Waals surface area contributed by atoms with Crippen molar-refractivity contribution in [3.8, 4) is 0 Å². The van der Waals surface area contributed by atoms with E-state index in [0.29, 0.717) is 13.2 Å². The summed E-state index contributed by atoms with van der Waals surface area (Å²) in [6, 6.07) is 0. The van der Waals surface area contributed by atoms with Gasteiger partial charge in [-0.25, -0.2) is 5.01 Å². The maximum Gasteiger partial charge on any atom is 0.327 e. The van der Waals surface area contributed by atoms with Crippen molar-refractivity contribution in [3.05, 3.63) is 4.91 Å². The molecule has 0 N–H and O–H groups in total. The first-order valence-corrected chi connectivity index (χ1v) is 5.64. The molecule has 0 unspecified atom stereocenters. The molecular weight excluding hydrogens is 228 g/mol. The predicted molar refractivity (Wildman–Crippen MR) is 61.0 cm³/mol. The van der Waals surface area contributed by atoms with Crippen molar-refractivity contribution in [1.29, 1.82) is 0 Å². The van der Waals surface area contributed by atoms with Crippen molar-refractivity contribution in [2.24, 2.45) is 5.29 Å². The number of carbonyl (C=O) groups excluding carboxylic acids is 1. The van der Waals surface area contributed by atoms with Crippen LogP contribution in [0.1, 0.15) is 20.8 Å². The number of carbonyl (C=O) groups is 1. The SMILES string of the molecule is CCOC(=O)CN(CC(OCC)OCC)N=O. The summed E-state index contributed by atoms with van der Waals surface area (Å²) in [5.41, 5.74) is 0. The van der Waals surface area contributed by atoms with Gasteiger partial charge in [0.15, 0.2) is 6.29 Å². The van der Waals surface area contributed by atoms with Gasteiger partial charge in [-0.15, -0.1) is 4.91 Å². The van der Waals surface area contributed by atoms with Crippen LogP contribution in [0.2, 0.25) is 0 Å². The highest BCUT2D eigenvalue weighted by molar-refractivity contribution is 5.71. The van der Waals surface area contributed by atoms with E-state index in [1.807, 2.05) is 13.8 Å². The van der Waals surface area contributed by atoms with E-state index in [4.69, 9.17) is 14.2 Å². The van der Waals surface area contributed by atoms with E-state index in [0.717, 1.165) is 5.01 Å². The first kappa shape index (κ1) is 15.8. The van der Waals surface area contributed by atoms with E-state index >= 15 is 0 Å². The molecule has 0 saturated heterocycles. The van der Waals surface area contributed by atoms with E-state index in [1.165, 1.54) is 0 Å². The van der Waals surface area contributed by atoms with Crippen molar-refractivity contribution in [1.82, 2.24) is 5.01 Å². The second kappa shape index (κ2) is 9.98. The topological polar surface area (TPSA) is 77.4 Å². The van der Waals surface area contributed by atoms with Crippen molar-refractivity contribution >= 4 is 5.97 Å². The molecule has 17 heavy (non-hydrogen) atoms. The Morgan fingerprint density at radius 3 is 2.18 bits per heavy atom. The summed E-state index contributed by atoms with van der Waals surface area (Å²) in [7, 11) is 0. The molecule has 0 atom stereocenters. The average Bonchev–Trinajstić information content (AvgIpc) is 2.29. The molecule has 0 aromatic rings. The lowest BCUT2D eigenvalue weighted by atomic mass is 10.5. The number of nitrogens with zero attached hydrogens (tertiary/aromatic N) is 2. The molecule has 0 radical (unpaired) electrons. The van der Waals surface area contributed by atoms with Gasteiger partial charge in [-0.1, -0.05) is 0 Å². The van der Waals surface area contributed by atoms with Crippen LogP contribution < -0.4 is 0 Å².